The Bertz CT molecular complexity index is 1210. The topological polar surface area (TPSA) is 106 Å². The number of ether oxygens (including phenoxy) is 1. The Hall–Kier alpha value is -3.24. The average molecular weight is 470 g/mol. The monoisotopic (exact) mass is 469 g/mol. The Morgan fingerprint density at radius 2 is 2.09 bits per heavy atom. The molecule has 0 radical (unpaired) electrons. The van der Waals surface area contributed by atoms with Gasteiger partial charge in [-0.3, -0.25) is 4.79 Å². The number of piperidine rings is 1. The van der Waals surface area contributed by atoms with Gasteiger partial charge in [0.25, 0.3) is 5.91 Å². The average Bonchev–Trinajstić information content (AvgIpc) is 3.37. The molecule has 1 atom stereocenters. The van der Waals surface area contributed by atoms with Crippen LogP contribution in [0, 0.1) is 0 Å². The predicted molar refractivity (Wildman–Crippen MR) is 123 cm³/mol. The number of benzene rings is 1. The molecule has 2 aromatic heterocycles. The lowest BCUT2D eigenvalue weighted by molar-refractivity contribution is 0.0950. The summed E-state index contributed by atoms with van der Waals surface area (Å²) >= 11 is 0. The number of nitrogens with zero attached hydrogens (tertiary/aromatic N) is 4. The van der Waals surface area contributed by atoms with Gasteiger partial charge in [-0.25, -0.2) is 18.1 Å². The number of hydrogen-bond acceptors (Lipinski definition) is 6. The number of amides is 1. The minimum Gasteiger partial charge on any atom is -0.495 e. The maximum atomic E-state index is 13.4. The first-order valence-corrected chi connectivity index (χ1v) is 12.3. The lowest BCUT2D eigenvalue weighted by Gasteiger charge is -2.32. The third kappa shape index (κ3) is 4.91. The van der Waals surface area contributed by atoms with Gasteiger partial charge in [0.2, 0.25) is 10.0 Å². The SMILES string of the molecule is COc1ccc(C(=O)NCc2ccc(-n3cccn3)nc2)cc1S(=O)(=O)N1CCCCC1C. The van der Waals surface area contributed by atoms with Gasteiger partial charge in [-0.2, -0.15) is 9.40 Å². The number of nitrogens with one attached hydrogen (secondary N) is 1. The highest BCUT2D eigenvalue weighted by molar-refractivity contribution is 7.89. The van der Waals surface area contributed by atoms with Crippen LogP contribution in [-0.2, 0) is 16.6 Å². The second-order valence-electron chi connectivity index (χ2n) is 7.98. The summed E-state index contributed by atoms with van der Waals surface area (Å²) in [6, 6.07) is 9.86. The van der Waals surface area contributed by atoms with E-state index in [4.69, 9.17) is 4.74 Å². The van der Waals surface area contributed by atoms with Crippen molar-refractivity contribution in [2.45, 2.75) is 43.7 Å². The van der Waals surface area contributed by atoms with Gasteiger partial charge in [-0.1, -0.05) is 12.5 Å². The second kappa shape index (κ2) is 9.72. The highest BCUT2D eigenvalue weighted by Gasteiger charge is 2.33. The Balaban J connectivity index is 1.50. The fraction of sp³-hybridized carbons (Fsp3) is 0.348. The third-order valence-corrected chi connectivity index (χ3v) is 7.79. The van der Waals surface area contributed by atoms with E-state index in [0.29, 0.717) is 12.4 Å². The maximum absolute atomic E-state index is 13.4. The molecular formula is C23H27N5O4S. The van der Waals surface area contributed by atoms with Crippen LogP contribution in [0.2, 0.25) is 0 Å². The summed E-state index contributed by atoms with van der Waals surface area (Å²) in [4.78, 5) is 17.2. The molecule has 1 saturated heterocycles. The van der Waals surface area contributed by atoms with Gasteiger partial charge in [-0.05, 0) is 55.7 Å². The van der Waals surface area contributed by atoms with Gasteiger partial charge in [0, 0.05) is 43.3 Å². The zero-order chi connectivity index (χ0) is 23.4. The highest BCUT2D eigenvalue weighted by Crippen LogP contribution is 2.31. The van der Waals surface area contributed by atoms with E-state index < -0.39 is 10.0 Å². The van der Waals surface area contributed by atoms with Crippen LogP contribution in [0.25, 0.3) is 5.82 Å². The van der Waals surface area contributed by atoms with Crippen molar-refractivity contribution >= 4 is 15.9 Å². The molecule has 10 heteroatoms. The molecule has 1 amide bonds. The van der Waals surface area contributed by atoms with E-state index in [1.807, 2.05) is 25.1 Å². The predicted octanol–water partition coefficient (Wildman–Crippen LogP) is 2.77. The summed E-state index contributed by atoms with van der Waals surface area (Å²) < 4.78 is 35.2. The molecule has 174 valence electrons. The number of methoxy groups -OCH3 is 1. The quantitative estimate of drug-likeness (QED) is 0.570. The van der Waals surface area contributed by atoms with Crippen molar-refractivity contribution in [2.75, 3.05) is 13.7 Å². The highest BCUT2D eigenvalue weighted by atomic mass is 32.2. The van der Waals surface area contributed by atoms with Gasteiger partial charge >= 0.3 is 0 Å². The van der Waals surface area contributed by atoms with Crippen LogP contribution >= 0.6 is 0 Å². The Kier molecular flexibility index (Phi) is 6.75. The zero-order valence-electron chi connectivity index (χ0n) is 18.6. The van der Waals surface area contributed by atoms with Crippen molar-refractivity contribution in [3.05, 3.63) is 66.1 Å². The molecule has 4 rings (SSSR count). The Morgan fingerprint density at radius 1 is 1.24 bits per heavy atom. The van der Waals surface area contributed by atoms with Gasteiger partial charge in [0.1, 0.15) is 10.6 Å². The summed E-state index contributed by atoms with van der Waals surface area (Å²) in [7, 11) is -2.37. The fourth-order valence-electron chi connectivity index (χ4n) is 3.92. The number of aromatic nitrogens is 3. The van der Waals surface area contributed by atoms with Crippen LogP contribution in [0.1, 0.15) is 42.1 Å². The molecule has 0 spiro atoms. The van der Waals surface area contributed by atoms with Crippen molar-refractivity contribution in [3.8, 4) is 11.6 Å². The van der Waals surface area contributed by atoms with Crippen molar-refractivity contribution in [3.63, 3.8) is 0 Å². The zero-order valence-corrected chi connectivity index (χ0v) is 19.5. The minimum atomic E-state index is -3.79. The van der Waals surface area contributed by atoms with E-state index in [-0.39, 0.29) is 34.7 Å². The summed E-state index contributed by atoms with van der Waals surface area (Å²) in [5.41, 5.74) is 1.06. The largest absolute Gasteiger partial charge is 0.495 e. The van der Waals surface area contributed by atoms with Crippen LogP contribution in [0.15, 0.2) is 59.9 Å². The lowest BCUT2D eigenvalue weighted by atomic mass is 10.1. The van der Waals surface area contributed by atoms with Crippen LogP contribution in [0.5, 0.6) is 5.75 Å². The molecule has 1 unspecified atom stereocenters. The molecule has 0 aliphatic carbocycles. The van der Waals surface area contributed by atoms with Gasteiger partial charge in [0.15, 0.2) is 5.82 Å². The van der Waals surface area contributed by atoms with E-state index in [2.05, 4.69) is 15.4 Å². The Labute approximate surface area is 193 Å². The molecule has 3 heterocycles. The lowest BCUT2D eigenvalue weighted by Crippen LogP contribution is -2.42. The van der Waals surface area contributed by atoms with E-state index in [1.54, 1.807) is 29.3 Å². The molecule has 0 bridgehead atoms. The molecule has 1 aliphatic rings. The van der Waals surface area contributed by atoms with Crippen molar-refractivity contribution in [2.24, 2.45) is 0 Å². The first kappa shape index (κ1) is 22.9. The van der Waals surface area contributed by atoms with Crippen LogP contribution < -0.4 is 10.1 Å². The molecule has 9 nitrogen and oxygen atoms in total. The van der Waals surface area contributed by atoms with Gasteiger partial charge < -0.3 is 10.1 Å². The molecule has 0 saturated carbocycles. The van der Waals surface area contributed by atoms with Crippen LogP contribution in [0.4, 0.5) is 0 Å². The second-order valence-corrected chi connectivity index (χ2v) is 9.84. The molecular weight excluding hydrogens is 442 g/mol. The summed E-state index contributed by atoms with van der Waals surface area (Å²) in [6.45, 7) is 2.62. The molecule has 1 aromatic carbocycles. The first-order chi connectivity index (χ1) is 15.9. The van der Waals surface area contributed by atoms with Crippen LogP contribution in [0.3, 0.4) is 0 Å². The Morgan fingerprint density at radius 3 is 2.76 bits per heavy atom. The number of carbonyl (C=O) groups is 1. The standard InChI is InChI=1S/C23H27N5O4S/c1-17-6-3-4-13-28(17)33(30,31)21-14-19(8-9-20(21)32-2)23(29)25-16-18-7-10-22(24-15-18)27-12-5-11-26-27/h5,7-12,14-15,17H,3-4,6,13,16H2,1-2H3,(H,25,29). The minimum absolute atomic E-state index is 0.0108. The first-order valence-electron chi connectivity index (χ1n) is 10.8. The van der Waals surface area contributed by atoms with Gasteiger partial charge in [-0.15, -0.1) is 0 Å². The van der Waals surface area contributed by atoms with E-state index in [0.717, 1.165) is 24.8 Å². The summed E-state index contributed by atoms with van der Waals surface area (Å²) in [6.07, 6.45) is 7.77. The summed E-state index contributed by atoms with van der Waals surface area (Å²) in [5, 5.41) is 6.96. The normalized spacial score (nSPS) is 17.0. The van der Waals surface area contributed by atoms with E-state index in [1.165, 1.54) is 23.5 Å². The number of pyridine rings is 1. The van der Waals surface area contributed by atoms with E-state index in [9.17, 15) is 13.2 Å². The number of sulfonamides is 1. The molecule has 1 fully saturated rings. The molecule has 33 heavy (non-hydrogen) atoms. The number of rotatable bonds is 7. The van der Waals surface area contributed by atoms with Crippen LogP contribution in [-0.4, -0.2) is 53.1 Å². The fourth-order valence-corrected chi connectivity index (χ4v) is 5.80. The molecule has 1 N–H and O–H groups in total. The van der Waals surface area contributed by atoms with E-state index >= 15 is 0 Å². The third-order valence-electron chi connectivity index (χ3n) is 5.76. The number of hydrogen-bond donors (Lipinski definition) is 1. The maximum Gasteiger partial charge on any atom is 0.251 e. The van der Waals surface area contributed by atoms with Crippen molar-refractivity contribution in [1.82, 2.24) is 24.4 Å². The molecule has 3 aromatic rings. The van der Waals surface area contributed by atoms with Gasteiger partial charge in [0.05, 0.1) is 7.11 Å². The van der Waals surface area contributed by atoms with Crippen molar-refractivity contribution in [1.29, 1.82) is 0 Å². The molecule has 1 aliphatic heterocycles. The summed E-state index contributed by atoms with van der Waals surface area (Å²) in [5.74, 6) is 0.520. The van der Waals surface area contributed by atoms with Crippen molar-refractivity contribution < 1.29 is 17.9 Å². The number of carbonyl (C=O) groups excluding carboxylic acids is 1. The smallest absolute Gasteiger partial charge is 0.251 e.